The van der Waals surface area contributed by atoms with Gasteiger partial charge in [0.2, 0.25) is 11.8 Å². The van der Waals surface area contributed by atoms with Crippen LogP contribution in [0.5, 0.6) is 0 Å². The molecule has 0 aromatic heterocycles. The second kappa shape index (κ2) is 15.9. The van der Waals surface area contributed by atoms with Crippen molar-refractivity contribution in [3.63, 3.8) is 0 Å². The molecule has 1 saturated heterocycles. The maximum Gasteiger partial charge on any atom is 0.246 e. The lowest BCUT2D eigenvalue weighted by molar-refractivity contribution is -0.904. The minimum Gasteiger partial charge on any atom is -0.394 e. The lowest BCUT2D eigenvalue weighted by Gasteiger charge is -2.39. The number of aliphatic imine (C=N–C) groups is 1. The number of aliphatic hydroxyl groups excluding tert-OH is 4. The first kappa shape index (κ1) is 32.0. The van der Waals surface area contributed by atoms with Crippen LogP contribution >= 0.6 is 0 Å². The number of rotatable bonds is 16. The van der Waals surface area contributed by atoms with Crippen LogP contribution in [0, 0.1) is 0 Å². The SMILES string of the molecule is CC[N+](C)(CC)CCNC(=O)[C@H](CCCCN=C(N)N)NC(=O)CO[C@@H]1O[C@@H](CO)[C@H](O)[C@@H](O)[C@H]1O. The molecule has 0 spiro atoms. The lowest BCUT2D eigenvalue weighted by Crippen LogP contribution is -2.59. The normalized spacial score (nSPS) is 25.1. The summed E-state index contributed by atoms with van der Waals surface area (Å²) in [5.41, 5.74) is 10.6. The Labute approximate surface area is 212 Å². The first-order valence-corrected chi connectivity index (χ1v) is 12.4. The van der Waals surface area contributed by atoms with Gasteiger partial charge in [-0.3, -0.25) is 14.6 Å². The quantitative estimate of drug-likeness (QED) is 0.0430. The number of guanidine groups is 1. The molecular formula is C22H45N6O8+. The molecular weight excluding hydrogens is 476 g/mol. The van der Waals surface area contributed by atoms with Gasteiger partial charge in [0.1, 0.15) is 37.1 Å². The van der Waals surface area contributed by atoms with Crippen LogP contribution in [0.1, 0.15) is 33.1 Å². The first-order chi connectivity index (χ1) is 17.0. The summed E-state index contributed by atoms with van der Waals surface area (Å²) in [6.45, 7) is 6.39. The zero-order valence-corrected chi connectivity index (χ0v) is 21.5. The zero-order valence-electron chi connectivity index (χ0n) is 21.5. The summed E-state index contributed by atoms with van der Waals surface area (Å²) in [6, 6.07) is -0.836. The number of amides is 2. The van der Waals surface area contributed by atoms with Gasteiger partial charge < -0.3 is 56.5 Å². The van der Waals surface area contributed by atoms with Crippen molar-refractivity contribution in [1.82, 2.24) is 10.6 Å². The van der Waals surface area contributed by atoms with Crippen molar-refractivity contribution in [2.24, 2.45) is 16.5 Å². The zero-order chi connectivity index (χ0) is 27.3. The second-order valence-electron chi connectivity index (χ2n) is 9.20. The number of hydrogen-bond donors (Lipinski definition) is 8. The Morgan fingerprint density at radius 1 is 1.11 bits per heavy atom. The molecule has 14 heteroatoms. The molecule has 1 aliphatic heterocycles. The predicted molar refractivity (Wildman–Crippen MR) is 131 cm³/mol. The average molecular weight is 522 g/mol. The number of carbonyl (C=O) groups is 2. The molecule has 0 bridgehead atoms. The van der Waals surface area contributed by atoms with E-state index in [0.717, 1.165) is 24.1 Å². The van der Waals surface area contributed by atoms with Gasteiger partial charge >= 0.3 is 0 Å². The summed E-state index contributed by atoms with van der Waals surface area (Å²) in [5.74, 6) is -0.994. The van der Waals surface area contributed by atoms with Gasteiger partial charge in [-0.05, 0) is 33.1 Å². The molecule has 0 aromatic carbocycles. The van der Waals surface area contributed by atoms with Crippen molar-refractivity contribution in [3.8, 4) is 0 Å². The topological polar surface area (TPSA) is 222 Å². The molecule has 1 fully saturated rings. The molecule has 1 aliphatic rings. The average Bonchev–Trinajstić information content (AvgIpc) is 2.85. The van der Waals surface area contributed by atoms with Crippen LogP contribution in [0.25, 0.3) is 0 Å². The third kappa shape index (κ3) is 10.5. The number of nitrogens with two attached hydrogens (primary N) is 2. The van der Waals surface area contributed by atoms with Crippen molar-refractivity contribution in [3.05, 3.63) is 0 Å². The highest BCUT2D eigenvalue weighted by molar-refractivity contribution is 5.88. The maximum atomic E-state index is 12.8. The molecule has 6 atom stereocenters. The van der Waals surface area contributed by atoms with Crippen molar-refractivity contribution in [2.45, 2.75) is 69.9 Å². The summed E-state index contributed by atoms with van der Waals surface area (Å²) in [4.78, 5) is 29.3. The van der Waals surface area contributed by atoms with Crippen LogP contribution in [0.15, 0.2) is 4.99 Å². The van der Waals surface area contributed by atoms with E-state index >= 15 is 0 Å². The molecule has 14 nitrogen and oxygen atoms in total. The molecule has 0 saturated carbocycles. The van der Waals surface area contributed by atoms with Crippen LogP contribution in [-0.2, 0) is 19.1 Å². The molecule has 2 amide bonds. The van der Waals surface area contributed by atoms with Gasteiger partial charge in [0.25, 0.3) is 0 Å². The number of aliphatic hydroxyl groups is 4. The van der Waals surface area contributed by atoms with E-state index in [1.54, 1.807) is 0 Å². The van der Waals surface area contributed by atoms with E-state index in [-0.39, 0.29) is 11.9 Å². The standard InChI is InChI=1S/C22H44N6O8/c1-4-28(3,5-2)11-10-25-20(34)14(8-6-7-9-26-22(23)24)27-16(30)13-35-21-19(33)18(32)17(31)15(12-29)36-21/h14-15,17-19,21,29,31-33H,4-13H2,1-3H3,(H5-,23,24,25,26,27,30,34)/p+1/t14-,15-,17-,18+,19+,21+/m0/s1. The minimum absolute atomic E-state index is 0.0176. The van der Waals surface area contributed by atoms with Crippen molar-refractivity contribution in [2.75, 3.05) is 53.0 Å². The van der Waals surface area contributed by atoms with Gasteiger partial charge in [-0.25, -0.2) is 0 Å². The fourth-order valence-electron chi connectivity index (χ4n) is 3.65. The number of likely N-dealkylation sites (N-methyl/N-ethyl adjacent to an activating group) is 1. The van der Waals surface area contributed by atoms with Gasteiger partial charge in [-0.15, -0.1) is 0 Å². The van der Waals surface area contributed by atoms with E-state index in [4.69, 9.17) is 20.9 Å². The second-order valence-corrected chi connectivity index (χ2v) is 9.20. The summed E-state index contributed by atoms with van der Waals surface area (Å²) < 4.78 is 11.3. The summed E-state index contributed by atoms with van der Waals surface area (Å²) in [6.07, 6.45) is -5.87. The smallest absolute Gasteiger partial charge is 0.246 e. The Morgan fingerprint density at radius 3 is 2.36 bits per heavy atom. The maximum absolute atomic E-state index is 12.8. The van der Waals surface area contributed by atoms with E-state index in [1.807, 2.05) is 0 Å². The lowest BCUT2D eigenvalue weighted by atomic mass is 9.99. The Bertz CT molecular complexity index is 702. The van der Waals surface area contributed by atoms with Gasteiger partial charge in [-0.2, -0.15) is 0 Å². The Balaban J connectivity index is 2.68. The van der Waals surface area contributed by atoms with Crippen LogP contribution in [0.4, 0.5) is 0 Å². The van der Waals surface area contributed by atoms with E-state index in [1.165, 1.54) is 0 Å². The Hall–Kier alpha value is -2.07. The Morgan fingerprint density at radius 2 is 1.78 bits per heavy atom. The highest BCUT2D eigenvalue weighted by atomic mass is 16.7. The number of nitrogens with zero attached hydrogens (tertiary/aromatic N) is 2. The molecule has 0 aliphatic carbocycles. The molecule has 210 valence electrons. The van der Waals surface area contributed by atoms with Crippen LogP contribution < -0.4 is 22.1 Å². The minimum atomic E-state index is -1.63. The van der Waals surface area contributed by atoms with Crippen molar-refractivity contribution < 1.29 is 44.0 Å². The number of unbranched alkanes of at least 4 members (excludes halogenated alkanes) is 1. The third-order valence-electron chi connectivity index (χ3n) is 6.55. The van der Waals surface area contributed by atoms with E-state index in [0.29, 0.717) is 32.4 Å². The third-order valence-corrected chi connectivity index (χ3v) is 6.55. The molecule has 0 aromatic rings. The number of hydrogen-bond acceptors (Lipinski definition) is 9. The summed E-state index contributed by atoms with van der Waals surface area (Å²) in [7, 11) is 2.10. The first-order valence-electron chi connectivity index (χ1n) is 12.4. The summed E-state index contributed by atoms with van der Waals surface area (Å²) in [5, 5.41) is 44.5. The highest BCUT2D eigenvalue weighted by Gasteiger charge is 2.44. The van der Waals surface area contributed by atoms with Gasteiger partial charge in [0.05, 0.1) is 39.8 Å². The van der Waals surface area contributed by atoms with Crippen LogP contribution in [0.3, 0.4) is 0 Å². The molecule has 36 heavy (non-hydrogen) atoms. The van der Waals surface area contributed by atoms with Gasteiger partial charge in [0, 0.05) is 6.54 Å². The number of nitrogens with one attached hydrogen (secondary N) is 2. The number of carbonyl (C=O) groups excluding carboxylic acids is 2. The van der Waals surface area contributed by atoms with Crippen LogP contribution in [0.2, 0.25) is 0 Å². The van der Waals surface area contributed by atoms with Crippen molar-refractivity contribution in [1.29, 1.82) is 0 Å². The molecule has 1 rings (SSSR count). The molecule has 10 N–H and O–H groups in total. The number of ether oxygens (including phenoxy) is 2. The fourth-order valence-corrected chi connectivity index (χ4v) is 3.65. The van der Waals surface area contributed by atoms with Gasteiger partial charge in [-0.1, -0.05) is 0 Å². The number of quaternary nitrogens is 1. The fraction of sp³-hybridized carbons (Fsp3) is 0.864. The predicted octanol–water partition coefficient (Wildman–Crippen LogP) is -3.67. The van der Waals surface area contributed by atoms with E-state index in [2.05, 4.69) is 36.5 Å². The van der Waals surface area contributed by atoms with Crippen molar-refractivity contribution >= 4 is 17.8 Å². The monoisotopic (exact) mass is 521 g/mol. The largest absolute Gasteiger partial charge is 0.394 e. The van der Waals surface area contributed by atoms with E-state index < -0.39 is 55.9 Å². The molecule has 0 unspecified atom stereocenters. The van der Waals surface area contributed by atoms with E-state index in [9.17, 15) is 30.0 Å². The Kier molecular flexibility index (Phi) is 14.1. The van der Waals surface area contributed by atoms with Crippen LogP contribution in [-0.4, -0.2) is 132 Å². The van der Waals surface area contributed by atoms with Gasteiger partial charge in [0.15, 0.2) is 12.2 Å². The highest BCUT2D eigenvalue weighted by Crippen LogP contribution is 2.21. The molecule has 1 heterocycles. The summed E-state index contributed by atoms with van der Waals surface area (Å²) >= 11 is 0. The molecule has 0 radical (unpaired) electrons.